The molecule has 0 spiro atoms. The fourth-order valence-corrected chi connectivity index (χ4v) is 1.08. The van der Waals surface area contributed by atoms with E-state index in [0.717, 1.165) is 0 Å². The third-order valence-corrected chi connectivity index (χ3v) is 1.94. The fourth-order valence-electron chi connectivity index (χ4n) is 1.08. The molecule has 0 aromatic heterocycles. The molecule has 15 heavy (non-hydrogen) atoms. The lowest BCUT2D eigenvalue weighted by atomic mass is 9.82. The van der Waals surface area contributed by atoms with Crippen LogP contribution in [0.15, 0.2) is 0 Å². The van der Waals surface area contributed by atoms with E-state index in [2.05, 4.69) is 0 Å². The molecule has 0 heterocycles. The van der Waals surface area contributed by atoms with Crippen LogP contribution in [0.1, 0.15) is 12.8 Å². The van der Waals surface area contributed by atoms with E-state index in [1.807, 2.05) is 11.8 Å². The Kier molecular flexibility index (Phi) is 4.37. The van der Waals surface area contributed by atoms with E-state index in [1.165, 1.54) is 0 Å². The van der Waals surface area contributed by atoms with Crippen LogP contribution < -0.4 is 0 Å². The van der Waals surface area contributed by atoms with Crippen molar-refractivity contribution in [2.24, 2.45) is 5.92 Å². The number of aliphatic hydroxyl groups is 1. The molecule has 0 aliphatic rings. The molecule has 2 atom stereocenters. The van der Waals surface area contributed by atoms with Crippen molar-refractivity contribution in [3.05, 3.63) is 0 Å². The highest BCUT2D eigenvalue weighted by Crippen LogP contribution is 2.25. The first-order chi connectivity index (χ1) is 6.90. The first-order valence-electron chi connectivity index (χ1n) is 3.95. The molecule has 0 aliphatic carbocycles. The minimum Gasteiger partial charge on any atom is -0.481 e. The molecule has 2 unspecified atom stereocenters. The van der Waals surface area contributed by atoms with E-state index in [4.69, 9.17) is 23.1 Å². The smallest absolute Gasteiger partial charge is 0.337 e. The van der Waals surface area contributed by atoms with Gasteiger partial charge < -0.3 is 15.3 Å². The summed E-state index contributed by atoms with van der Waals surface area (Å²) in [5.74, 6) is -0.883. The number of carboxylic acids is 2. The van der Waals surface area contributed by atoms with Crippen LogP contribution in [0.4, 0.5) is 0 Å². The standard InChI is InChI=1S/C10H10O5/c1-3-5-7(8(11)12)10(15,6-4-2)9(13)14/h1-2,7,15H,5-6H2,(H,11,12)(H,13,14). The van der Waals surface area contributed by atoms with Crippen LogP contribution in [-0.2, 0) is 9.59 Å². The maximum absolute atomic E-state index is 10.8. The largest absolute Gasteiger partial charge is 0.481 e. The van der Waals surface area contributed by atoms with E-state index < -0.39 is 36.3 Å². The molecule has 3 N–H and O–H groups in total. The van der Waals surface area contributed by atoms with Crippen molar-refractivity contribution < 1.29 is 24.9 Å². The van der Waals surface area contributed by atoms with Crippen molar-refractivity contribution in [3.8, 4) is 24.7 Å². The summed E-state index contributed by atoms with van der Waals surface area (Å²) in [6, 6.07) is 0. The van der Waals surface area contributed by atoms with Gasteiger partial charge >= 0.3 is 11.9 Å². The van der Waals surface area contributed by atoms with Crippen LogP contribution in [-0.4, -0.2) is 32.9 Å². The van der Waals surface area contributed by atoms with Gasteiger partial charge in [0.25, 0.3) is 0 Å². The van der Waals surface area contributed by atoms with Gasteiger partial charge in [0.2, 0.25) is 0 Å². The van der Waals surface area contributed by atoms with E-state index in [0.29, 0.717) is 0 Å². The second kappa shape index (κ2) is 5.04. The molecule has 0 aromatic rings. The maximum Gasteiger partial charge on any atom is 0.337 e. The molecule has 80 valence electrons. The highest BCUT2D eigenvalue weighted by Gasteiger charge is 2.47. The van der Waals surface area contributed by atoms with Crippen molar-refractivity contribution in [1.29, 1.82) is 0 Å². The lowest BCUT2D eigenvalue weighted by Crippen LogP contribution is -2.49. The summed E-state index contributed by atoms with van der Waals surface area (Å²) in [5.41, 5.74) is -2.52. The van der Waals surface area contributed by atoms with Gasteiger partial charge in [-0.25, -0.2) is 4.79 Å². The summed E-state index contributed by atoms with van der Waals surface area (Å²) in [6.45, 7) is 0. The number of terminal acetylenes is 2. The predicted octanol–water partition coefficient (Wildman–Crippen LogP) is -0.450. The topological polar surface area (TPSA) is 94.8 Å². The number of rotatable bonds is 5. The van der Waals surface area contributed by atoms with Gasteiger partial charge in [0.05, 0.1) is 0 Å². The second-order valence-electron chi connectivity index (χ2n) is 2.91. The van der Waals surface area contributed by atoms with Gasteiger partial charge in [-0.05, 0) is 0 Å². The zero-order chi connectivity index (χ0) is 12.1. The Labute approximate surface area is 86.7 Å². The molecule has 0 aromatic carbocycles. The Morgan fingerprint density at radius 2 is 1.80 bits per heavy atom. The van der Waals surface area contributed by atoms with E-state index >= 15 is 0 Å². The summed E-state index contributed by atoms with van der Waals surface area (Å²) < 4.78 is 0. The Bertz CT molecular complexity index is 346. The minimum absolute atomic E-state index is 0.403. The quantitative estimate of drug-likeness (QED) is 0.534. The van der Waals surface area contributed by atoms with Crippen LogP contribution >= 0.6 is 0 Å². The number of hydrogen-bond donors (Lipinski definition) is 3. The highest BCUT2D eigenvalue weighted by molar-refractivity contribution is 5.86. The summed E-state index contributed by atoms with van der Waals surface area (Å²) in [7, 11) is 0. The molecule has 0 saturated carbocycles. The molecule has 0 fully saturated rings. The number of hydrogen-bond acceptors (Lipinski definition) is 3. The molecule has 0 saturated heterocycles. The fraction of sp³-hybridized carbons (Fsp3) is 0.400. The van der Waals surface area contributed by atoms with Gasteiger partial charge in [-0.2, -0.15) is 0 Å². The Morgan fingerprint density at radius 3 is 2.07 bits per heavy atom. The van der Waals surface area contributed by atoms with E-state index in [1.54, 1.807) is 0 Å². The van der Waals surface area contributed by atoms with Crippen LogP contribution in [0.25, 0.3) is 0 Å². The van der Waals surface area contributed by atoms with Gasteiger partial charge in [0, 0.05) is 12.8 Å². The maximum atomic E-state index is 10.8. The van der Waals surface area contributed by atoms with E-state index in [-0.39, 0.29) is 0 Å². The highest BCUT2D eigenvalue weighted by atomic mass is 16.4. The Hall–Kier alpha value is -1.98. The predicted molar refractivity (Wildman–Crippen MR) is 50.6 cm³/mol. The van der Waals surface area contributed by atoms with Crippen LogP contribution in [0.3, 0.4) is 0 Å². The van der Waals surface area contributed by atoms with Crippen LogP contribution in [0.2, 0.25) is 0 Å². The summed E-state index contributed by atoms with van der Waals surface area (Å²) in [5, 5.41) is 27.1. The van der Waals surface area contributed by atoms with Gasteiger partial charge in [0.1, 0.15) is 5.92 Å². The van der Waals surface area contributed by atoms with Crippen molar-refractivity contribution in [2.45, 2.75) is 18.4 Å². The molecule has 5 heteroatoms. The molecule has 0 bridgehead atoms. The minimum atomic E-state index is -2.52. The van der Waals surface area contributed by atoms with Crippen LogP contribution in [0.5, 0.6) is 0 Å². The molecule has 0 radical (unpaired) electrons. The summed E-state index contributed by atoms with van der Waals surface area (Å²) >= 11 is 0. The van der Waals surface area contributed by atoms with E-state index in [9.17, 15) is 14.7 Å². The number of carboxylic acid groups (broad SMARTS) is 2. The average molecular weight is 210 g/mol. The zero-order valence-corrected chi connectivity index (χ0v) is 7.80. The zero-order valence-electron chi connectivity index (χ0n) is 7.80. The van der Waals surface area contributed by atoms with Gasteiger partial charge in [-0.15, -0.1) is 24.7 Å². The molecule has 0 aliphatic heterocycles. The normalized spacial score (nSPS) is 15.4. The lowest BCUT2D eigenvalue weighted by Gasteiger charge is -2.26. The second-order valence-corrected chi connectivity index (χ2v) is 2.91. The van der Waals surface area contributed by atoms with Gasteiger partial charge in [-0.3, -0.25) is 4.79 Å². The van der Waals surface area contributed by atoms with Crippen molar-refractivity contribution in [3.63, 3.8) is 0 Å². The monoisotopic (exact) mass is 210 g/mol. The number of aliphatic carboxylic acids is 2. The molecular formula is C10H10O5. The molecule has 5 nitrogen and oxygen atoms in total. The first-order valence-corrected chi connectivity index (χ1v) is 3.95. The van der Waals surface area contributed by atoms with Crippen molar-refractivity contribution in [1.82, 2.24) is 0 Å². The Balaban J connectivity index is 5.21. The summed E-state index contributed by atoms with van der Waals surface area (Å²) in [4.78, 5) is 21.5. The average Bonchev–Trinajstić information content (AvgIpc) is 2.13. The SMILES string of the molecule is C#CCC(C(=O)O)C(O)(CC#C)C(=O)O. The van der Waals surface area contributed by atoms with Crippen LogP contribution in [0, 0.1) is 30.6 Å². The third kappa shape index (κ3) is 2.73. The first kappa shape index (κ1) is 13.0. The molecule has 0 rings (SSSR count). The lowest BCUT2D eigenvalue weighted by molar-refractivity contribution is -0.173. The van der Waals surface area contributed by atoms with Crippen molar-refractivity contribution >= 4 is 11.9 Å². The van der Waals surface area contributed by atoms with Crippen molar-refractivity contribution in [2.75, 3.05) is 0 Å². The van der Waals surface area contributed by atoms with Gasteiger partial charge in [-0.1, -0.05) is 0 Å². The molecule has 0 amide bonds. The summed E-state index contributed by atoms with van der Waals surface area (Å²) in [6.07, 6.45) is 8.75. The third-order valence-electron chi connectivity index (χ3n) is 1.94. The molecular weight excluding hydrogens is 200 g/mol. The number of carbonyl (C=O) groups is 2. The Morgan fingerprint density at radius 1 is 1.27 bits per heavy atom. The van der Waals surface area contributed by atoms with Gasteiger partial charge in [0.15, 0.2) is 5.60 Å².